The van der Waals surface area contributed by atoms with Gasteiger partial charge in [0.2, 0.25) is 0 Å². The quantitative estimate of drug-likeness (QED) is 0.595. The second-order valence-corrected chi connectivity index (χ2v) is 9.16. The molecule has 3 rings (SSSR count). The van der Waals surface area contributed by atoms with Gasteiger partial charge in [0, 0.05) is 23.6 Å². The van der Waals surface area contributed by atoms with E-state index in [1.54, 1.807) is 23.5 Å². The lowest BCUT2D eigenvalue weighted by Crippen LogP contribution is -2.50. The molecule has 2 aromatic rings. The zero-order valence-corrected chi connectivity index (χ0v) is 18.0. The van der Waals surface area contributed by atoms with Gasteiger partial charge in [-0.3, -0.25) is 9.59 Å². The molecule has 0 unspecified atom stereocenters. The molecule has 4 atom stereocenters. The van der Waals surface area contributed by atoms with Crippen LogP contribution in [0.5, 0.6) is 0 Å². The number of esters is 2. The Morgan fingerprint density at radius 1 is 0.931 bits per heavy atom. The summed E-state index contributed by atoms with van der Waals surface area (Å²) in [7, 11) is 0. The van der Waals surface area contributed by atoms with Crippen LogP contribution < -0.4 is 0 Å². The lowest BCUT2D eigenvalue weighted by molar-refractivity contribution is -0.171. The van der Waals surface area contributed by atoms with Gasteiger partial charge >= 0.3 is 11.9 Å². The Hall–Kier alpha value is -1.96. The minimum absolute atomic E-state index is 0.0307. The van der Waals surface area contributed by atoms with E-state index in [-0.39, 0.29) is 29.2 Å². The van der Waals surface area contributed by atoms with Gasteiger partial charge in [0.05, 0.1) is 5.25 Å². The standard InChI is InChI=1S/C22H24O5S2/c1-15(23)25-14-19-22(26-16(2)24)20(28-17-9-5-3-6-10-17)13-21(27-19)29-18-11-7-4-8-12-18/h3-12,19-22H,13-14H2,1-2H3/t19-,20+,21+,22-/m1/s1. The molecule has 0 amide bonds. The largest absolute Gasteiger partial charge is 0.463 e. The Labute approximate surface area is 179 Å². The van der Waals surface area contributed by atoms with Crippen LogP contribution in [-0.2, 0) is 23.8 Å². The maximum Gasteiger partial charge on any atom is 0.303 e. The third kappa shape index (κ3) is 6.80. The Morgan fingerprint density at radius 2 is 1.52 bits per heavy atom. The highest BCUT2D eigenvalue weighted by Crippen LogP contribution is 2.40. The highest BCUT2D eigenvalue weighted by atomic mass is 32.2. The summed E-state index contributed by atoms with van der Waals surface area (Å²) in [4.78, 5) is 25.3. The van der Waals surface area contributed by atoms with Gasteiger partial charge in [0.1, 0.15) is 24.3 Å². The molecule has 0 saturated carbocycles. The molecule has 0 N–H and O–H groups in total. The van der Waals surface area contributed by atoms with E-state index in [0.717, 1.165) is 9.79 Å². The van der Waals surface area contributed by atoms with Gasteiger partial charge in [0.15, 0.2) is 0 Å². The lowest BCUT2D eigenvalue weighted by Gasteiger charge is -2.40. The Kier molecular flexibility index (Phi) is 8.03. The number of carbonyl (C=O) groups excluding carboxylic acids is 2. The van der Waals surface area contributed by atoms with Gasteiger partial charge in [-0.25, -0.2) is 0 Å². The van der Waals surface area contributed by atoms with Crippen molar-refractivity contribution in [3.05, 3.63) is 60.7 Å². The van der Waals surface area contributed by atoms with Crippen LogP contribution in [0.15, 0.2) is 70.5 Å². The van der Waals surface area contributed by atoms with Crippen molar-refractivity contribution in [1.29, 1.82) is 0 Å². The summed E-state index contributed by atoms with van der Waals surface area (Å²) in [5, 5.41) is -0.0307. The van der Waals surface area contributed by atoms with E-state index < -0.39 is 12.2 Å². The van der Waals surface area contributed by atoms with Gasteiger partial charge < -0.3 is 14.2 Å². The Bertz CT molecular complexity index is 799. The minimum atomic E-state index is -0.529. The summed E-state index contributed by atoms with van der Waals surface area (Å²) in [6.45, 7) is 2.79. The predicted octanol–water partition coefficient (Wildman–Crippen LogP) is 4.55. The van der Waals surface area contributed by atoms with Gasteiger partial charge in [-0.05, 0) is 30.7 Å². The number of benzene rings is 2. The van der Waals surface area contributed by atoms with E-state index >= 15 is 0 Å². The summed E-state index contributed by atoms with van der Waals surface area (Å²) in [6.07, 6.45) is -0.350. The van der Waals surface area contributed by atoms with Gasteiger partial charge in [0.25, 0.3) is 0 Å². The first-order valence-corrected chi connectivity index (χ1v) is 11.2. The number of hydrogen-bond donors (Lipinski definition) is 0. The normalized spacial score (nSPS) is 23.9. The molecule has 1 aliphatic heterocycles. The molecule has 5 nitrogen and oxygen atoms in total. The van der Waals surface area contributed by atoms with Gasteiger partial charge in [-0.15, -0.1) is 11.8 Å². The van der Waals surface area contributed by atoms with Crippen LogP contribution >= 0.6 is 23.5 Å². The van der Waals surface area contributed by atoms with Crippen molar-refractivity contribution in [2.24, 2.45) is 0 Å². The van der Waals surface area contributed by atoms with Crippen molar-refractivity contribution in [1.82, 2.24) is 0 Å². The molecule has 7 heteroatoms. The number of rotatable bonds is 7. The Morgan fingerprint density at radius 3 is 2.07 bits per heavy atom. The maximum atomic E-state index is 11.8. The van der Waals surface area contributed by atoms with Gasteiger partial charge in [-0.1, -0.05) is 48.2 Å². The minimum Gasteiger partial charge on any atom is -0.463 e. The lowest BCUT2D eigenvalue weighted by atomic mass is 10.1. The highest BCUT2D eigenvalue weighted by molar-refractivity contribution is 8.00. The van der Waals surface area contributed by atoms with Crippen LogP contribution in [0.3, 0.4) is 0 Å². The first kappa shape index (κ1) is 21.7. The van der Waals surface area contributed by atoms with E-state index in [1.807, 2.05) is 60.7 Å². The van der Waals surface area contributed by atoms with E-state index in [0.29, 0.717) is 6.42 Å². The molecule has 0 aromatic heterocycles. The SMILES string of the molecule is CC(=O)OC[C@H]1O[C@@H](Sc2ccccc2)C[C@H](Sc2ccccc2)[C@@H]1OC(C)=O. The summed E-state index contributed by atoms with van der Waals surface area (Å²) in [5.74, 6) is -0.764. The summed E-state index contributed by atoms with van der Waals surface area (Å²) in [5.41, 5.74) is -0.147. The van der Waals surface area contributed by atoms with Crippen molar-refractivity contribution in [3.63, 3.8) is 0 Å². The molecule has 2 aromatic carbocycles. The molecule has 29 heavy (non-hydrogen) atoms. The molecule has 0 bridgehead atoms. The van der Waals surface area contributed by atoms with E-state index in [9.17, 15) is 9.59 Å². The molecule has 0 aliphatic carbocycles. The number of thioether (sulfide) groups is 2. The van der Waals surface area contributed by atoms with Crippen LogP contribution in [-0.4, -0.2) is 41.4 Å². The summed E-state index contributed by atoms with van der Waals surface area (Å²) >= 11 is 3.28. The first-order chi connectivity index (χ1) is 14.0. The zero-order valence-electron chi connectivity index (χ0n) is 16.4. The first-order valence-electron chi connectivity index (χ1n) is 9.40. The van der Waals surface area contributed by atoms with E-state index in [1.165, 1.54) is 13.8 Å². The molecule has 154 valence electrons. The van der Waals surface area contributed by atoms with Crippen molar-refractivity contribution >= 4 is 35.5 Å². The van der Waals surface area contributed by atoms with Crippen molar-refractivity contribution in [3.8, 4) is 0 Å². The molecular weight excluding hydrogens is 408 g/mol. The van der Waals surface area contributed by atoms with E-state index in [2.05, 4.69) is 0 Å². The zero-order chi connectivity index (χ0) is 20.6. The molecule has 0 radical (unpaired) electrons. The predicted molar refractivity (Wildman–Crippen MR) is 114 cm³/mol. The second kappa shape index (κ2) is 10.7. The average Bonchev–Trinajstić information content (AvgIpc) is 2.70. The highest BCUT2D eigenvalue weighted by Gasteiger charge is 2.42. The number of hydrogen-bond acceptors (Lipinski definition) is 7. The average molecular weight is 433 g/mol. The van der Waals surface area contributed by atoms with Crippen LogP contribution in [0.1, 0.15) is 20.3 Å². The summed E-state index contributed by atoms with van der Waals surface area (Å²) in [6, 6.07) is 20.0. The monoisotopic (exact) mass is 432 g/mol. The summed E-state index contributed by atoms with van der Waals surface area (Å²) < 4.78 is 17.1. The van der Waals surface area contributed by atoms with Crippen LogP contribution in [0.25, 0.3) is 0 Å². The molecule has 0 spiro atoms. The van der Waals surface area contributed by atoms with E-state index in [4.69, 9.17) is 14.2 Å². The topological polar surface area (TPSA) is 61.8 Å². The molecular formula is C22H24O5S2. The number of carbonyl (C=O) groups is 2. The second-order valence-electron chi connectivity index (χ2n) is 6.62. The van der Waals surface area contributed by atoms with Crippen molar-refractivity contribution in [2.45, 2.75) is 53.0 Å². The van der Waals surface area contributed by atoms with Crippen LogP contribution in [0.2, 0.25) is 0 Å². The number of ether oxygens (including phenoxy) is 3. The van der Waals surface area contributed by atoms with Crippen molar-refractivity contribution < 1.29 is 23.8 Å². The molecule has 1 fully saturated rings. The Balaban J connectivity index is 1.82. The third-order valence-corrected chi connectivity index (χ3v) is 6.70. The van der Waals surface area contributed by atoms with Crippen molar-refractivity contribution in [2.75, 3.05) is 6.61 Å². The van der Waals surface area contributed by atoms with Crippen LogP contribution in [0.4, 0.5) is 0 Å². The fraction of sp³-hybridized carbons (Fsp3) is 0.364. The molecule has 1 saturated heterocycles. The van der Waals surface area contributed by atoms with Gasteiger partial charge in [-0.2, -0.15) is 0 Å². The third-order valence-electron chi connectivity index (χ3n) is 4.28. The molecule has 1 heterocycles. The fourth-order valence-corrected chi connectivity index (χ4v) is 5.63. The molecule has 1 aliphatic rings. The smallest absolute Gasteiger partial charge is 0.303 e. The maximum absolute atomic E-state index is 11.8. The fourth-order valence-electron chi connectivity index (χ4n) is 3.08. The van der Waals surface area contributed by atoms with Crippen LogP contribution in [0, 0.1) is 0 Å².